The zero-order valence-electron chi connectivity index (χ0n) is 22.4. The van der Waals surface area contributed by atoms with Gasteiger partial charge in [0.1, 0.15) is 12.4 Å². The van der Waals surface area contributed by atoms with Crippen LogP contribution in [0.2, 0.25) is 0 Å². The molecule has 1 amide bonds. The van der Waals surface area contributed by atoms with Gasteiger partial charge in [-0.05, 0) is 74.4 Å². The highest BCUT2D eigenvalue weighted by Gasteiger charge is 2.20. The van der Waals surface area contributed by atoms with Crippen molar-refractivity contribution in [2.75, 3.05) is 59.9 Å². The summed E-state index contributed by atoms with van der Waals surface area (Å²) in [7, 11) is 1.81. The third-order valence-corrected chi connectivity index (χ3v) is 6.38. The molecule has 1 heterocycles. The van der Waals surface area contributed by atoms with Crippen molar-refractivity contribution < 1.29 is 28.5 Å². The van der Waals surface area contributed by atoms with Gasteiger partial charge in [0, 0.05) is 26.1 Å². The van der Waals surface area contributed by atoms with E-state index in [4.69, 9.17) is 23.7 Å². The van der Waals surface area contributed by atoms with E-state index in [1.54, 1.807) is 7.11 Å². The second-order valence-electron chi connectivity index (χ2n) is 9.07. The van der Waals surface area contributed by atoms with Crippen molar-refractivity contribution >= 4 is 5.91 Å². The molecule has 1 aliphatic carbocycles. The van der Waals surface area contributed by atoms with Crippen molar-refractivity contribution in [3.05, 3.63) is 41.1 Å². The average Bonchev–Trinajstić information content (AvgIpc) is 2.88. The molecule has 0 bridgehead atoms. The fourth-order valence-corrected chi connectivity index (χ4v) is 4.40. The van der Waals surface area contributed by atoms with Gasteiger partial charge in [0.05, 0.1) is 57.1 Å². The molecule has 0 radical (unpaired) electrons. The van der Waals surface area contributed by atoms with Crippen LogP contribution in [0, 0.1) is 6.92 Å². The van der Waals surface area contributed by atoms with Gasteiger partial charge in [-0.3, -0.25) is 4.79 Å². The largest absolute Gasteiger partial charge is 0.491 e. The number of aryl methyl sites for hydroxylation is 1. The van der Waals surface area contributed by atoms with Crippen LogP contribution in [0.1, 0.15) is 43.0 Å². The van der Waals surface area contributed by atoms with Crippen molar-refractivity contribution in [3.8, 4) is 17.0 Å². The zero-order chi connectivity index (χ0) is 26.3. The molecule has 0 saturated carbocycles. The lowest BCUT2D eigenvalue weighted by Crippen LogP contribution is -2.25. The molecular weight excluding hydrogens is 474 g/mol. The smallest absolute Gasteiger partial charge is 0.216 e. The Morgan fingerprint density at radius 2 is 1.57 bits per heavy atom. The van der Waals surface area contributed by atoms with Crippen LogP contribution in [0.3, 0.4) is 0 Å². The van der Waals surface area contributed by atoms with E-state index in [0.29, 0.717) is 58.9 Å². The van der Waals surface area contributed by atoms with Gasteiger partial charge in [-0.1, -0.05) is 0 Å². The topological polar surface area (TPSA) is 101 Å². The number of aromatic nitrogens is 2. The van der Waals surface area contributed by atoms with Crippen LogP contribution in [0.15, 0.2) is 24.3 Å². The van der Waals surface area contributed by atoms with Gasteiger partial charge in [-0.2, -0.15) is 5.10 Å². The lowest BCUT2D eigenvalue weighted by Gasteiger charge is -2.22. The number of hydrogen-bond acceptors (Lipinski definition) is 8. The fourth-order valence-electron chi connectivity index (χ4n) is 4.40. The number of carbonyl (C=O) groups is 1. The molecule has 0 spiro atoms. The molecule has 9 heteroatoms. The highest BCUT2D eigenvalue weighted by molar-refractivity contribution is 5.72. The molecule has 1 unspecified atom stereocenters. The summed E-state index contributed by atoms with van der Waals surface area (Å²) < 4.78 is 27.8. The lowest BCUT2D eigenvalue weighted by molar-refractivity contribution is -0.119. The van der Waals surface area contributed by atoms with Crippen LogP contribution >= 0.6 is 0 Å². The molecular formula is C28H41N3O6. The minimum absolute atomic E-state index is 0.0550. The Morgan fingerprint density at radius 1 is 0.892 bits per heavy atom. The standard InChI is InChI=1S/C28H41N3O6/c1-21-26-12-11-24(33-3)5-4-6-27(26)28(31-30-21)23-7-9-25(10-8-23)37-20-19-36-18-17-35-16-15-34-14-13-29-22(2)32/h7-10,24H,4-6,11-20H2,1-3H3,(H,29,32). The van der Waals surface area contributed by atoms with E-state index >= 15 is 0 Å². The number of carbonyl (C=O) groups excluding carboxylic acids is 1. The Kier molecular flexibility index (Phi) is 12.8. The predicted octanol–water partition coefficient (Wildman–Crippen LogP) is 3.30. The summed E-state index contributed by atoms with van der Waals surface area (Å²) in [4.78, 5) is 10.7. The molecule has 0 fully saturated rings. The zero-order valence-corrected chi connectivity index (χ0v) is 22.4. The van der Waals surface area contributed by atoms with E-state index in [1.807, 2.05) is 12.1 Å². The van der Waals surface area contributed by atoms with E-state index in [0.717, 1.165) is 54.8 Å². The number of fused-ring (bicyclic) bond motifs is 1. The van der Waals surface area contributed by atoms with Crippen LogP contribution in [-0.4, -0.2) is 82.1 Å². The van der Waals surface area contributed by atoms with Gasteiger partial charge in [-0.15, -0.1) is 5.10 Å². The monoisotopic (exact) mass is 515 g/mol. The van der Waals surface area contributed by atoms with E-state index < -0.39 is 0 Å². The first-order chi connectivity index (χ1) is 18.1. The normalized spacial score (nSPS) is 15.5. The van der Waals surface area contributed by atoms with Crippen molar-refractivity contribution in [2.45, 2.75) is 52.1 Å². The van der Waals surface area contributed by atoms with Gasteiger partial charge in [0.15, 0.2) is 0 Å². The summed E-state index contributed by atoms with van der Waals surface area (Å²) in [5.41, 5.74) is 5.70. The van der Waals surface area contributed by atoms with Crippen molar-refractivity contribution in [2.24, 2.45) is 0 Å². The Morgan fingerprint density at radius 3 is 2.24 bits per heavy atom. The molecule has 1 N–H and O–H groups in total. The summed E-state index contributed by atoms with van der Waals surface area (Å²) >= 11 is 0. The van der Waals surface area contributed by atoms with Gasteiger partial charge in [-0.25, -0.2) is 0 Å². The maximum absolute atomic E-state index is 10.7. The Bertz CT molecular complexity index is 954. The third kappa shape index (κ3) is 10.0. The van der Waals surface area contributed by atoms with Crippen LogP contribution < -0.4 is 10.1 Å². The van der Waals surface area contributed by atoms with Crippen molar-refractivity contribution in [1.82, 2.24) is 15.5 Å². The number of benzene rings is 1. The average molecular weight is 516 g/mol. The summed E-state index contributed by atoms with van der Waals surface area (Å²) in [5.74, 6) is 0.742. The van der Waals surface area contributed by atoms with E-state index in [-0.39, 0.29) is 5.91 Å². The Labute approximate surface area is 220 Å². The van der Waals surface area contributed by atoms with E-state index in [2.05, 4.69) is 34.6 Å². The number of rotatable bonds is 15. The number of nitrogens with one attached hydrogen (secondary N) is 1. The second kappa shape index (κ2) is 16.3. The quantitative estimate of drug-likeness (QED) is 0.361. The van der Waals surface area contributed by atoms with Crippen molar-refractivity contribution in [1.29, 1.82) is 0 Å². The molecule has 1 atom stereocenters. The molecule has 0 aliphatic heterocycles. The number of amides is 1. The van der Waals surface area contributed by atoms with Crippen LogP contribution in [0.25, 0.3) is 11.3 Å². The lowest BCUT2D eigenvalue weighted by atomic mass is 9.89. The molecule has 9 nitrogen and oxygen atoms in total. The van der Waals surface area contributed by atoms with E-state index in [9.17, 15) is 4.79 Å². The number of methoxy groups -OCH3 is 1. The molecule has 1 aromatic heterocycles. The number of ether oxygens (including phenoxy) is 5. The number of hydrogen-bond donors (Lipinski definition) is 1. The molecule has 1 aliphatic rings. The molecule has 0 saturated heterocycles. The minimum atomic E-state index is -0.0550. The first-order valence-electron chi connectivity index (χ1n) is 13.2. The first kappa shape index (κ1) is 29.0. The van der Waals surface area contributed by atoms with Crippen LogP contribution in [-0.2, 0) is 36.6 Å². The molecule has 1 aromatic carbocycles. The summed E-state index contributed by atoms with van der Waals surface area (Å²) in [6, 6.07) is 8.06. The highest BCUT2D eigenvalue weighted by Crippen LogP contribution is 2.31. The SMILES string of the molecule is COC1CCCc2c(-c3ccc(OCCOCCOCCOCCNC(C)=O)cc3)nnc(C)c2CC1. The Hall–Kier alpha value is -2.59. The molecule has 37 heavy (non-hydrogen) atoms. The Balaban J connectivity index is 1.35. The maximum Gasteiger partial charge on any atom is 0.216 e. The number of nitrogens with zero attached hydrogens (tertiary/aromatic N) is 2. The molecule has 3 rings (SSSR count). The van der Waals surface area contributed by atoms with Crippen molar-refractivity contribution in [3.63, 3.8) is 0 Å². The summed E-state index contributed by atoms with van der Waals surface area (Å²) in [6.07, 6.45) is 5.47. The molecule has 204 valence electrons. The maximum atomic E-state index is 10.7. The fraction of sp³-hybridized carbons (Fsp3) is 0.607. The van der Waals surface area contributed by atoms with Gasteiger partial charge in [0.25, 0.3) is 0 Å². The predicted molar refractivity (Wildman–Crippen MR) is 141 cm³/mol. The van der Waals surface area contributed by atoms with Gasteiger partial charge >= 0.3 is 0 Å². The third-order valence-electron chi connectivity index (χ3n) is 6.38. The van der Waals surface area contributed by atoms with Crippen LogP contribution in [0.5, 0.6) is 5.75 Å². The van der Waals surface area contributed by atoms with Gasteiger partial charge < -0.3 is 29.0 Å². The second-order valence-corrected chi connectivity index (χ2v) is 9.07. The van der Waals surface area contributed by atoms with Gasteiger partial charge in [0.2, 0.25) is 5.91 Å². The highest BCUT2D eigenvalue weighted by atomic mass is 16.6. The summed E-state index contributed by atoms with van der Waals surface area (Å²) in [5, 5.41) is 11.7. The summed E-state index contributed by atoms with van der Waals surface area (Å²) in [6.45, 7) is 7.46. The van der Waals surface area contributed by atoms with Crippen LogP contribution in [0.4, 0.5) is 0 Å². The van der Waals surface area contributed by atoms with E-state index in [1.165, 1.54) is 18.1 Å². The molecule has 2 aromatic rings. The first-order valence-corrected chi connectivity index (χ1v) is 13.2. The minimum Gasteiger partial charge on any atom is -0.491 e.